The SMILES string of the molecule is CCNC(=NCCCn1cccn1)NCCNc1ccc([N+](=O)[O-])cc1. The predicted octanol–water partition coefficient (Wildman–Crippen LogP) is 1.85. The van der Waals surface area contributed by atoms with Crippen LogP contribution >= 0.6 is 0 Å². The van der Waals surface area contributed by atoms with Gasteiger partial charge in [0.25, 0.3) is 5.69 Å². The smallest absolute Gasteiger partial charge is 0.269 e. The fourth-order valence-electron chi connectivity index (χ4n) is 2.29. The van der Waals surface area contributed by atoms with Crippen LogP contribution in [0.4, 0.5) is 11.4 Å². The summed E-state index contributed by atoms with van der Waals surface area (Å²) in [6, 6.07) is 8.29. The summed E-state index contributed by atoms with van der Waals surface area (Å²) in [5.41, 5.74) is 0.934. The highest BCUT2D eigenvalue weighted by atomic mass is 16.6. The Labute approximate surface area is 152 Å². The number of hydrogen-bond acceptors (Lipinski definition) is 5. The number of aryl methyl sites for hydroxylation is 1. The largest absolute Gasteiger partial charge is 0.383 e. The standard InChI is InChI=1S/C17H25N7O2/c1-2-18-17(20-9-3-13-23-14-4-10-22-23)21-12-11-19-15-5-7-16(8-6-15)24(25)26/h4-8,10,14,19H,2-3,9,11-13H2,1H3,(H2,18,20,21). The van der Waals surface area contributed by atoms with Crippen LogP contribution in [0.3, 0.4) is 0 Å². The van der Waals surface area contributed by atoms with E-state index in [1.807, 2.05) is 23.9 Å². The number of benzene rings is 1. The third-order valence-electron chi connectivity index (χ3n) is 3.54. The quantitative estimate of drug-likeness (QED) is 0.196. The molecule has 140 valence electrons. The van der Waals surface area contributed by atoms with Gasteiger partial charge in [0.1, 0.15) is 0 Å². The molecule has 0 saturated carbocycles. The van der Waals surface area contributed by atoms with E-state index in [0.717, 1.165) is 31.2 Å². The minimum absolute atomic E-state index is 0.0883. The molecule has 26 heavy (non-hydrogen) atoms. The molecule has 0 spiro atoms. The normalized spacial score (nSPS) is 11.2. The van der Waals surface area contributed by atoms with Crippen molar-refractivity contribution in [3.8, 4) is 0 Å². The molecule has 0 fully saturated rings. The second-order valence-electron chi connectivity index (χ2n) is 5.54. The van der Waals surface area contributed by atoms with Gasteiger partial charge in [0.05, 0.1) is 4.92 Å². The monoisotopic (exact) mass is 359 g/mol. The number of non-ortho nitro benzene ring substituents is 1. The third-order valence-corrected chi connectivity index (χ3v) is 3.54. The van der Waals surface area contributed by atoms with Gasteiger partial charge in [0.15, 0.2) is 5.96 Å². The first-order chi connectivity index (χ1) is 12.7. The fourth-order valence-corrected chi connectivity index (χ4v) is 2.29. The minimum Gasteiger partial charge on any atom is -0.383 e. The maximum Gasteiger partial charge on any atom is 0.269 e. The Morgan fingerprint density at radius 2 is 2.08 bits per heavy atom. The van der Waals surface area contributed by atoms with Crippen molar-refractivity contribution in [3.63, 3.8) is 0 Å². The Kier molecular flexibility index (Phi) is 7.91. The van der Waals surface area contributed by atoms with Crippen LogP contribution in [0.2, 0.25) is 0 Å². The molecule has 0 atom stereocenters. The summed E-state index contributed by atoms with van der Waals surface area (Å²) < 4.78 is 1.89. The van der Waals surface area contributed by atoms with E-state index in [-0.39, 0.29) is 5.69 Å². The molecule has 0 saturated heterocycles. The molecular weight excluding hydrogens is 334 g/mol. The first-order valence-corrected chi connectivity index (χ1v) is 8.67. The molecule has 9 heteroatoms. The fraction of sp³-hybridized carbons (Fsp3) is 0.412. The zero-order valence-corrected chi connectivity index (χ0v) is 14.9. The molecule has 1 aromatic carbocycles. The number of nitrogens with zero attached hydrogens (tertiary/aromatic N) is 4. The molecule has 1 aromatic heterocycles. The Hall–Kier alpha value is -3.10. The topological polar surface area (TPSA) is 109 Å². The molecule has 2 aromatic rings. The predicted molar refractivity (Wildman–Crippen MR) is 102 cm³/mol. The molecule has 0 radical (unpaired) electrons. The van der Waals surface area contributed by atoms with Gasteiger partial charge in [0, 0.05) is 62.9 Å². The Morgan fingerprint density at radius 3 is 2.73 bits per heavy atom. The number of nitro benzene ring substituents is 1. The summed E-state index contributed by atoms with van der Waals surface area (Å²) in [6.45, 7) is 5.73. The summed E-state index contributed by atoms with van der Waals surface area (Å²) in [5, 5.41) is 24.5. The van der Waals surface area contributed by atoms with Crippen LogP contribution in [0.25, 0.3) is 0 Å². The molecular formula is C17H25N7O2. The van der Waals surface area contributed by atoms with Crippen molar-refractivity contribution in [2.24, 2.45) is 4.99 Å². The lowest BCUT2D eigenvalue weighted by atomic mass is 10.3. The number of aliphatic imine (C=N–C) groups is 1. The lowest BCUT2D eigenvalue weighted by Gasteiger charge is -2.12. The number of hydrogen-bond donors (Lipinski definition) is 3. The zero-order chi connectivity index (χ0) is 18.6. The summed E-state index contributed by atoms with van der Waals surface area (Å²) in [4.78, 5) is 14.8. The highest BCUT2D eigenvalue weighted by Gasteiger charge is 2.03. The van der Waals surface area contributed by atoms with Crippen molar-refractivity contribution in [2.75, 3.05) is 31.5 Å². The van der Waals surface area contributed by atoms with E-state index in [0.29, 0.717) is 19.6 Å². The highest BCUT2D eigenvalue weighted by Crippen LogP contribution is 2.14. The number of nitrogens with one attached hydrogen (secondary N) is 3. The van der Waals surface area contributed by atoms with Gasteiger partial charge in [-0.25, -0.2) is 0 Å². The molecule has 3 N–H and O–H groups in total. The van der Waals surface area contributed by atoms with Crippen LogP contribution in [0.1, 0.15) is 13.3 Å². The molecule has 0 aliphatic heterocycles. The molecule has 0 aliphatic carbocycles. The Bertz CT molecular complexity index is 684. The second kappa shape index (κ2) is 10.7. The summed E-state index contributed by atoms with van der Waals surface area (Å²) in [7, 11) is 0. The zero-order valence-electron chi connectivity index (χ0n) is 14.9. The highest BCUT2D eigenvalue weighted by molar-refractivity contribution is 5.79. The van der Waals surface area contributed by atoms with Gasteiger partial charge in [-0.2, -0.15) is 5.10 Å². The van der Waals surface area contributed by atoms with E-state index in [1.54, 1.807) is 18.3 Å². The Balaban J connectivity index is 1.68. The van der Waals surface area contributed by atoms with Gasteiger partial charge >= 0.3 is 0 Å². The molecule has 0 unspecified atom stereocenters. The number of aromatic nitrogens is 2. The van der Waals surface area contributed by atoms with Crippen LogP contribution in [-0.4, -0.2) is 46.8 Å². The van der Waals surface area contributed by atoms with Crippen molar-refractivity contribution in [2.45, 2.75) is 19.9 Å². The average Bonchev–Trinajstić information content (AvgIpc) is 3.16. The number of guanidine groups is 1. The van der Waals surface area contributed by atoms with E-state index in [9.17, 15) is 10.1 Å². The van der Waals surface area contributed by atoms with Gasteiger partial charge in [0.2, 0.25) is 0 Å². The van der Waals surface area contributed by atoms with Crippen LogP contribution in [0.5, 0.6) is 0 Å². The maximum atomic E-state index is 10.6. The van der Waals surface area contributed by atoms with E-state index in [1.165, 1.54) is 12.1 Å². The first kappa shape index (κ1) is 19.2. The molecule has 0 aliphatic rings. The summed E-state index contributed by atoms with van der Waals surface area (Å²) in [5.74, 6) is 0.776. The maximum absolute atomic E-state index is 10.6. The van der Waals surface area contributed by atoms with Crippen molar-refractivity contribution >= 4 is 17.3 Å². The van der Waals surface area contributed by atoms with Gasteiger partial charge in [-0.15, -0.1) is 0 Å². The van der Waals surface area contributed by atoms with Crippen molar-refractivity contribution in [1.82, 2.24) is 20.4 Å². The van der Waals surface area contributed by atoms with Gasteiger partial charge in [-0.3, -0.25) is 19.8 Å². The first-order valence-electron chi connectivity index (χ1n) is 8.67. The van der Waals surface area contributed by atoms with Crippen LogP contribution in [-0.2, 0) is 6.54 Å². The minimum atomic E-state index is -0.406. The number of nitro groups is 1. The Morgan fingerprint density at radius 1 is 1.27 bits per heavy atom. The lowest BCUT2D eigenvalue weighted by Crippen LogP contribution is -2.39. The van der Waals surface area contributed by atoms with E-state index >= 15 is 0 Å². The van der Waals surface area contributed by atoms with Crippen LogP contribution in [0, 0.1) is 10.1 Å². The van der Waals surface area contributed by atoms with Crippen LogP contribution < -0.4 is 16.0 Å². The molecule has 1 heterocycles. The van der Waals surface area contributed by atoms with Crippen molar-refractivity contribution < 1.29 is 4.92 Å². The number of anilines is 1. The van der Waals surface area contributed by atoms with Gasteiger partial charge in [-0.05, 0) is 31.5 Å². The average molecular weight is 359 g/mol. The van der Waals surface area contributed by atoms with Crippen LogP contribution in [0.15, 0.2) is 47.7 Å². The third kappa shape index (κ3) is 6.80. The lowest BCUT2D eigenvalue weighted by molar-refractivity contribution is -0.384. The summed E-state index contributed by atoms with van der Waals surface area (Å²) in [6.07, 6.45) is 4.63. The summed E-state index contributed by atoms with van der Waals surface area (Å²) >= 11 is 0. The second-order valence-corrected chi connectivity index (χ2v) is 5.54. The van der Waals surface area contributed by atoms with E-state index in [2.05, 4.69) is 26.0 Å². The van der Waals surface area contributed by atoms with Gasteiger partial charge in [-0.1, -0.05) is 0 Å². The molecule has 9 nitrogen and oxygen atoms in total. The van der Waals surface area contributed by atoms with Crippen molar-refractivity contribution in [3.05, 3.63) is 52.8 Å². The van der Waals surface area contributed by atoms with Crippen molar-refractivity contribution in [1.29, 1.82) is 0 Å². The van der Waals surface area contributed by atoms with Gasteiger partial charge < -0.3 is 16.0 Å². The molecule has 0 amide bonds. The van der Waals surface area contributed by atoms with E-state index < -0.39 is 4.92 Å². The molecule has 0 bridgehead atoms. The number of rotatable bonds is 10. The molecule has 2 rings (SSSR count). The van der Waals surface area contributed by atoms with E-state index in [4.69, 9.17) is 0 Å².